The van der Waals surface area contributed by atoms with E-state index < -0.39 is 9.84 Å². The van der Waals surface area contributed by atoms with Crippen molar-refractivity contribution in [2.24, 2.45) is 4.99 Å². The average Bonchev–Trinajstić information content (AvgIpc) is 2.97. The Kier molecular flexibility index (Phi) is 8.65. The molecule has 22 heavy (non-hydrogen) atoms. The lowest BCUT2D eigenvalue weighted by molar-refractivity contribution is 0.299. The van der Waals surface area contributed by atoms with Gasteiger partial charge in [-0.1, -0.05) is 6.07 Å². The van der Waals surface area contributed by atoms with Crippen LogP contribution in [0.1, 0.15) is 4.88 Å². The Bertz CT molecular complexity index is 547. The van der Waals surface area contributed by atoms with Gasteiger partial charge in [0, 0.05) is 38.1 Å². The molecule has 0 unspecified atom stereocenters. The molecule has 1 aromatic heterocycles. The zero-order valence-electron chi connectivity index (χ0n) is 12.6. The van der Waals surface area contributed by atoms with Gasteiger partial charge in [0.1, 0.15) is 0 Å². The molecule has 1 fully saturated rings. The number of rotatable bonds is 5. The van der Waals surface area contributed by atoms with Gasteiger partial charge in [0.15, 0.2) is 15.8 Å². The quantitative estimate of drug-likeness (QED) is 0.387. The summed E-state index contributed by atoms with van der Waals surface area (Å²) in [5.74, 6) is 1.32. The Morgan fingerprint density at radius 3 is 2.68 bits per heavy atom. The third-order valence-electron chi connectivity index (χ3n) is 3.39. The monoisotopic (exact) mass is 458 g/mol. The summed E-state index contributed by atoms with van der Waals surface area (Å²) >= 11 is 1.71. The Hall–Kier alpha value is -0.390. The summed E-state index contributed by atoms with van der Waals surface area (Å²) in [6.07, 6.45) is 0. The first kappa shape index (κ1) is 19.7. The van der Waals surface area contributed by atoms with Crippen molar-refractivity contribution in [3.8, 4) is 0 Å². The topological polar surface area (TPSA) is 73.8 Å². The van der Waals surface area contributed by atoms with Crippen molar-refractivity contribution in [2.75, 3.05) is 44.7 Å². The lowest BCUT2D eigenvalue weighted by Crippen LogP contribution is -2.45. The van der Waals surface area contributed by atoms with E-state index in [-0.39, 0.29) is 35.5 Å². The fraction of sp³-hybridized carbons (Fsp3) is 0.615. The molecule has 2 rings (SSSR count). The Labute approximate surface area is 153 Å². The predicted molar refractivity (Wildman–Crippen MR) is 103 cm³/mol. The summed E-state index contributed by atoms with van der Waals surface area (Å²) in [5, 5.41) is 8.56. The number of guanidine groups is 1. The molecule has 0 atom stereocenters. The van der Waals surface area contributed by atoms with Crippen LogP contribution in [0.25, 0.3) is 0 Å². The van der Waals surface area contributed by atoms with Crippen molar-refractivity contribution >= 4 is 51.1 Å². The number of hydrogen-bond donors (Lipinski definition) is 2. The van der Waals surface area contributed by atoms with Crippen molar-refractivity contribution in [3.05, 3.63) is 22.4 Å². The normalized spacial score (nSPS) is 18.5. The second kappa shape index (κ2) is 9.68. The van der Waals surface area contributed by atoms with Crippen LogP contribution in [0, 0.1) is 0 Å². The molecule has 0 radical (unpaired) electrons. The largest absolute Gasteiger partial charge is 0.355 e. The summed E-state index contributed by atoms with van der Waals surface area (Å²) in [5.41, 5.74) is 0. The first-order valence-corrected chi connectivity index (χ1v) is 9.69. The van der Waals surface area contributed by atoms with E-state index in [0.717, 1.165) is 25.6 Å². The van der Waals surface area contributed by atoms with E-state index in [0.29, 0.717) is 13.1 Å². The van der Waals surface area contributed by atoms with E-state index in [9.17, 15) is 8.42 Å². The highest BCUT2D eigenvalue weighted by molar-refractivity contribution is 14.0. The molecule has 1 aromatic rings. The van der Waals surface area contributed by atoms with Gasteiger partial charge in [-0.25, -0.2) is 8.42 Å². The van der Waals surface area contributed by atoms with Crippen LogP contribution in [-0.2, 0) is 16.4 Å². The summed E-state index contributed by atoms with van der Waals surface area (Å²) in [6, 6.07) is 4.11. The second-order valence-corrected chi connectivity index (χ2v) is 8.26. The zero-order valence-corrected chi connectivity index (χ0v) is 16.6. The van der Waals surface area contributed by atoms with Crippen LogP contribution in [0.4, 0.5) is 0 Å². The van der Waals surface area contributed by atoms with Gasteiger partial charge >= 0.3 is 0 Å². The highest BCUT2D eigenvalue weighted by atomic mass is 127. The number of nitrogens with one attached hydrogen (secondary N) is 2. The number of hydrogen-bond acceptors (Lipinski definition) is 5. The lowest BCUT2D eigenvalue weighted by atomic mass is 10.4. The Balaban J connectivity index is 0.00000242. The third-order valence-corrected chi connectivity index (χ3v) is 5.88. The maximum absolute atomic E-state index is 11.4. The molecule has 0 aromatic carbocycles. The molecule has 9 heteroatoms. The third kappa shape index (κ3) is 6.80. The summed E-state index contributed by atoms with van der Waals surface area (Å²) in [6.45, 7) is 3.61. The van der Waals surface area contributed by atoms with Gasteiger partial charge in [-0.15, -0.1) is 35.3 Å². The van der Waals surface area contributed by atoms with Crippen molar-refractivity contribution in [3.63, 3.8) is 0 Å². The predicted octanol–water partition coefficient (Wildman–Crippen LogP) is 0.762. The van der Waals surface area contributed by atoms with Gasteiger partial charge in [0.05, 0.1) is 18.1 Å². The standard InChI is InChI=1S/C13H22N4O2S2.HI/c1-14-13(16-11-12-3-2-8-20-12)15-4-5-17-6-9-21(18,19)10-7-17;/h2-3,8H,4-7,9-11H2,1H3,(H2,14,15,16);1H. The van der Waals surface area contributed by atoms with Gasteiger partial charge in [-0.2, -0.15) is 0 Å². The van der Waals surface area contributed by atoms with Crippen molar-refractivity contribution in [1.29, 1.82) is 0 Å². The minimum atomic E-state index is -2.79. The molecule has 0 aliphatic carbocycles. The molecule has 6 nitrogen and oxygen atoms in total. The van der Waals surface area contributed by atoms with Gasteiger partial charge in [0.25, 0.3) is 0 Å². The molecule has 1 aliphatic rings. The fourth-order valence-electron chi connectivity index (χ4n) is 2.11. The van der Waals surface area contributed by atoms with Gasteiger partial charge in [0.2, 0.25) is 0 Å². The summed E-state index contributed by atoms with van der Waals surface area (Å²) < 4.78 is 22.7. The molecule has 2 N–H and O–H groups in total. The van der Waals surface area contributed by atoms with Crippen LogP contribution in [0.3, 0.4) is 0 Å². The number of sulfone groups is 1. The Morgan fingerprint density at radius 2 is 2.09 bits per heavy atom. The van der Waals surface area contributed by atoms with E-state index in [1.54, 1.807) is 18.4 Å². The summed E-state index contributed by atoms with van der Waals surface area (Å²) in [4.78, 5) is 7.61. The van der Waals surface area contributed by atoms with Gasteiger partial charge in [-0.3, -0.25) is 9.89 Å². The SMILES string of the molecule is CN=C(NCCN1CCS(=O)(=O)CC1)NCc1cccs1.I. The minimum absolute atomic E-state index is 0. The fourth-order valence-corrected chi connectivity index (χ4v) is 4.03. The molecule has 0 amide bonds. The molecule has 0 saturated carbocycles. The first-order valence-electron chi connectivity index (χ1n) is 6.99. The highest BCUT2D eigenvalue weighted by Crippen LogP contribution is 2.07. The van der Waals surface area contributed by atoms with Crippen molar-refractivity contribution in [2.45, 2.75) is 6.54 Å². The van der Waals surface area contributed by atoms with Crippen LogP contribution >= 0.6 is 35.3 Å². The minimum Gasteiger partial charge on any atom is -0.355 e. The molecule has 0 spiro atoms. The van der Waals surface area contributed by atoms with Crippen LogP contribution in [0.15, 0.2) is 22.5 Å². The lowest BCUT2D eigenvalue weighted by Gasteiger charge is -2.26. The van der Waals surface area contributed by atoms with Crippen LogP contribution in [0.2, 0.25) is 0 Å². The van der Waals surface area contributed by atoms with E-state index in [1.807, 2.05) is 6.07 Å². The van der Waals surface area contributed by atoms with Gasteiger partial charge in [-0.05, 0) is 11.4 Å². The average molecular weight is 458 g/mol. The van der Waals surface area contributed by atoms with Crippen LogP contribution in [-0.4, -0.2) is 64.0 Å². The van der Waals surface area contributed by atoms with Crippen LogP contribution < -0.4 is 10.6 Å². The number of nitrogens with zero attached hydrogens (tertiary/aromatic N) is 2. The number of halogens is 1. The maximum atomic E-state index is 11.4. The van der Waals surface area contributed by atoms with E-state index in [4.69, 9.17) is 0 Å². The zero-order chi connectivity index (χ0) is 15.1. The molecule has 2 heterocycles. The Morgan fingerprint density at radius 1 is 1.36 bits per heavy atom. The molecule has 1 saturated heterocycles. The van der Waals surface area contributed by atoms with Crippen LogP contribution in [0.5, 0.6) is 0 Å². The van der Waals surface area contributed by atoms with Crippen molar-refractivity contribution < 1.29 is 8.42 Å². The maximum Gasteiger partial charge on any atom is 0.191 e. The molecular formula is C13H23IN4O2S2. The number of aliphatic imine (C=N–C) groups is 1. The highest BCUT2D eigenvalue weighted by Gasteiger charge is 2.20. The second-order valence-electron chi connectivity index (χ2n) is 4.93. The molecule has 0 bridgehead atoms. The molecule has 1 aliphatic heterocycles. The van der Waals surface area contributed by atoms with E-state index >= 15 is 0 Å². The first-order chi connectivity index (χ1) is 10.1. The van der Waals surface area contributed by atoms with Gasteiger partial charge < -0.3 is 10.6 Å². The number of thiophene rings is 1. The van der Waals surface area contributed by atoms with E-state index in [2.05, 4.69) is 32.0 Å². The van der Waals surface area contributed by atoms with E-state index in [1.165, 1.54) is 4.88 Å². The molecule has 126 valence electrons. The summed E-state index contributed by atoms with van der Waals surface area (Å²) in [7, 11) is -1.05. The van der Waals surface area contributed by atoms with Crippen molar-refractivity contribution in [1.82, 2.24) is 15.5 Å². The smallest absolute Gasteiger partial charge is 0.191 e. The molecular weight excluding hydrogens is 435 g/mol.